The predicted molar refractivity (Wildman–Crippen MR) is 52.1 cm³/mol. The largest absolute Gasteiger partial charge is 0.314 e. The van der Waals surface area contributed by atoms with Gasteiger partial charge < -0.3 is 5.32 Å². The van der Waals surface area contributed by atoms with Crippen LogP contribution in [0.25, 0.3) is 0 Å². The summed E-state index contributed by atoms with van der Waals surface area (Å²) in [5, 5.41) is 3.32. The van der Waals surface area contributed by atoms with Crippen molar-refractivity contribution in [3.8, 4) is 0 Å². The second-order valence-electron chi connectivity index (χ2n) is 4.32. The summed E-state index contributed by atoms with van der Waals surface area (Å²) < 4.78 is 0. The van der Waals surface area contributed by atoms with Gasteiger partial charge >= 0.3 is 0 Å². The molecule has 2 aliphatic carbocycles. The Hall–Kier alpha value is -0.300. The van der Waals surface area contributed by atoms with E-state index >= 15 is 0 Å². The van der Waals surface area contributed by atoms with Gasteiger partial charge in [0, 0.05) is 6.04 Å². The molecule has 1 saturated carbocycles. The first-order valence-corrected chi connectivity index (χ1v) is 5.17. The minimum Gasteiger partial charge on any atom is -0.314 e. The van der Waals surface area contributed by atoms with E-state index in [2.05, 4.69) is 25.4 Å². The maximum atomic E-state index is 3.32. The minimum atomic E-state index is 0.600. The van der Waals surface area contributed by atoms with Gasteiger partial charge in [0.05, 0.1) is 0 Å². The van der Waals surface area contributed by atoms with E-state index in [1.165, 1.54) is 25.7 Å². The standard InChI is InChI=1S/C11H19N/c1-8(12-2)9-3-5-10-7-11(10)6-4-9/h3,8,10-12H,4-7H2,1-2H3. The van der Waals surface area contributed by atoms with Crippen LogP contribution in [0.5, 0.6) is 0 Å². The highest BCUT2D eigenvalue weighted by molar-refractivity contribution is 5.14. The SMILES string of the molecule is CNC(C)C1=CCC2CC2CC1. The molecule has 0 aromatic carbocycles. The summed E-state index contributed by atoms with van der Waals surface area (Å²) in [5.74, 6) is 2.15. The van der Waals surface area contributed by atoms with Gasteiger partial charge in [-0.25, -0.2) is 0 Å². The van der Waals surface area contributed by atoms with Gasteiger partial charge in [0.1, 0.15) is 0 Å². The Labute approximate surface area is 75.2 Å². The first-order valence-electron chi connectivity index (χ1n) is 5.17. The van der Waals surface area contributed by atoms with Crippen molar-refractivity contribution in [3.05, 3.63) is 11.6 Å². The van der Waals surface area contributed by atoms with E-state index in [-0.39, 0.29) is 0 Å². The molecule has 12 heavy (non-hydrogen) atoms. The highest BCUT2D eigenvalue weighted by Crippen LogP contribution is 2.47. The Morgan fingerprint density at radius 1 is 1.50 bits per heavy atom. The van der Waals surface area contributed by atoms with Crippen LogP contribution in [-0.2, 0) is 0 Å². The van der Waals surface area contributed by atoms with E-state index in [9.17, 15) is 0 Å². The summed E-state index contributed by atoms with van der Waals surface area (Å²) >= 11 is 0. The molecule has 1 fully saturated rings. The third kappa shape index (κ3) is 1.56. The summed E-state index contributed by atoms with van der Waals surface area (Å²) in [4.78, 5) is 0. The van der Waals surface area contributed by atoms with E-state index in [0.717, 1.165) is 11.8 Å². The van der Waals surface area contributed by atoms with Crippen LogP contribution in [-0.4, -0.2) is 13.1 Å². The fraction of sp³-hybridized carbons (Fsp3) is 0.818. The summed E-state index contributed by atoms with van der Waals surface area (Å²) in [6.07, 6.45) is 8.13. The monoisotopic (exact) mass is 165 g/mol. The number of fused-ring (bicyclic) bond motifs is 1. The average molecular weight is 165 g/mol. The topological polar surface area (TPSA) is 12.0 Å². The number of nitrogens with one attached hydrogen (secondary N) is 1. The quantitative estimate of drug-likeness (QED) is 0.619. The molecule has 0 heterocycles. The van der Waals surface area contributed by atoms with Crippen LogP contribution in [0.15, 0.2) is 11.6 Å². The van der Waals surface area contributed by atoms with Crippen LogP contribution in [0.2, 0.25) is 0 Å². The van der Waals surface area contributed by atoms with E-state index in [1.54, 1.807) is 5.57 Å². The van der Waals surface area contributed by atoms with Gasteiger partial charge in [0.15, 0.2) is 0 Å². The molecule has 0 spiro atoms. The van der Waals surface area contributed by atoms with E-state index in [4.69, 9.17) is 0 Å². The number of rotatable bonds is 2. The molecule has 0 saturated heterocycles. The van der Waals surface area contributed by atoms with Crippen molar-refractivity contribution in [2.75, 3.05) is 7.05 Å². The van der Waals surface area contributed by atoms with Crippen LogP contribution in [0.3, 0.4) is 0 Å². The lowest BCUT2D eigenvalue weighted by atomic mass is 10.0. The molecule has 0 aromatic heterocycles. The fourth-order valence-electron chi connectivity index (χ4n) is 2.29. The number of likely N-dealkylation sites (N-methyl/N-ethyl adjacent to an activating group) is 1. The van der Waals surface area contributed by atoms with Crippen LogP contribution in [0, 0.1) is 11.8 Å². The summed E-state index contributed by atoms with van der Waals surface area (Å²) in [6.45, 7) is 2.27. The van der Waals surface area contributed by atoms with Crippen molar-refractivity contribution in [2.45, 2.75) is 38.6 Å². The Bertz CT molecular complexity index is 195. The van der Waals surface area contributed by atoms with E-state index in [1.807, 2.05) is 0 Å². The second kappa shape index (κ2) is 3.21. The Kier molecular flexibility index (Phi) is 2.22. The van der Waals surface area contributed by atoms with Crippen molar-refractivity contribution in [2.24, 2.45) is 11.8 Å². The highest BCUT2D eigenvalue weighted by atomic mass is 14.9. The average Bonchev–Trinajstić information content (AvgIpc) is 2.80. The molecule has 68 valence electrons. The number of hydrogen-bond acceptors (Lipinski definition) is 1. The maximum absolute atomic E-state index is 3.32. The zero-order chi connectivity index (χ0) is 8.55. The minimum absolute atomic E-state index is 0.600. The van der Waals surface area contributed by atoms with Crippen LogP contribution in [0.4, 0.5) is 0 Å². The molecule has 3 atom stereocenters. The zero-order valence-electron chi connectivity index (χ0n) is 8.14. The van der Waals surface area contributed by atoms with Crippen LogP contribution >= 0.6 is 0 Å². The van der Waals surface area contributed by atoms with Gasteiger partial charge in [-0.1, -0.05) is 11.6 Å². The summed E-state index contributed by atoms with van der Waals surface area (Å²) in [5.41, 5.74) is 1.64. The highest BCUT2D eigenvalue weighted by Gasteiger charge is 2.37. The van der Waals surface area contributed by atoms with Gasteiger partial charge in [-0.3, -0.25) is 0 Å². The third-order valence-corrected chi connectivity index (χ3v) is 3.54. The molecule has 2 aliphatic rings. The van der Waals surface area contributed by atoms with E-state index < -0.39 is 0 Å². The van der Waals surface area contributed by atoms with Gasteiger partial charge in [0.25, 0.3) is 0 Å². The Morgan fingerprint density at radius 3 is 3.08 bits per heavy atom. The molecule has 1 N–H and O–H groups in total. The maximum Gasteiger partial charge on any atom is 0.0248 e. The molecular formula is C11H19N. The van der Waals surface area contributed by atoms with Crippen LogP contribution in [0.1, 0.15) is 32.6 Å². The first kappa shape index (κ1) is 8.31. The predicted octanol–water partition coefficient (Wildman–Crippen LogP) is 2.34. The molecule has 0 bridgehead atoms. The molecule has 2 rings (SSSR count). The van der Waals surface area contributed by atoms with Crippen molar-refractivity contribution >= 4 is 0 Å². The van der Waals surface area contributed by atoms with Crippen molar-refractivity contribution < 1.29 is 0 Å². The second-order valence-corrected chi connectivity index (χ2v) is 4.32. The molecule has 0 radical (unpaired) electrons. The smallest absolute Gasteiger partial charge is 0.0248 e. The number of allylic oxidation sites excluding steroid dienone is 1. The van der Waals surface area contributed by atoms with Gasteiger partial charge in [0.2, 0.25) is 0 Å². The Morgan fingerprint density at radius 2 is 2.33 bits per heavy atom. The molecule has 0 aromatic rings. The molecule has 1 heteroatoms. The summed E-state index contributed by atoms with van der Waals surface area (Å²) in [6, 6.07) is 0.600. The molecule has 3 unspecified atom stereocenters. The fourth-order valence-corrected chi connectivity index (χ4v) is 2.29. The lowest BCUT2D eigenvalue weighted by molar-refractivity contribution is 0.620. The Balaban J connectivity index is 1.96. The molecular weight excluding hydrogens is 146 g/mol. The number of hydrogen-bond donors (Lipinski definition) is 1. The van der Waals surface area contributed by atoms with Crippen molar-refractivity contribution in [1.82, 2.24) is 5.32 Å². The third-order valence-electron chi connectivity index (χ3n) is 3.54. The van der Waals surface area contributed by atoms with Crippen molar-refractivity contribution in [1.29, 1.82) is 0 Å². The van der Waals surface area contributed by atoms with Crippen molar-refractivity contribution in [3.63, 3.8) is 0 Å². The zero-order valence-corrected chi connectivity index (χ0v) is 8.14. The van der Waals surface area contributed by atoms with Gasteiger partial charge in [-0.05, 0) is 51.5 Å². The lowest BCUT2D eigenvalue weighted by Crippen LogP contribution is -2.23. The van der Waals surface area contributed by atoms with Gasteiger partial charge in [-0.15, -0.1) is 0 Å². The van der Waals surface area contributed by atoms with E-state index in [0.29, 0.717) is 6.04 Å². The molecule has 0 aliphatic heterocycles. The lowest BCUT2D eigenvalue weighted by Gasteiger charge is -2.14. The normalized spacial score (nSPS) is 36.3. The molecule has 1 nitrogen and oxygen atoms in total. The molecule has 0 amide bonds. The van der Waals surface area contributed by atoms with Gasteiger partial charge in [-0.2, -0.15) is 0 Å². The first-order chi connectivity index (χ1) is 5.81. The van der Waals surface area contributed by atoms with Crippen LogP contribution < -0.4 is 5.32 Å². The summed E-state index contributed by atoms with van der Waals surface area (Å²) in [7, 11) is 2.05.